The lowest BCUT2D eigenvalue weighted by atomic mass is 9.96. The molecule has 2 atom stereocenters. The molecule has 0 bridgehead atoms. The highest BCUT2D eigenvalue weighted by Crippen LogP contribution is 2.30. The fourth-order valence-electron chi connectivity index (χ4n) is 5.32. The quantitative estimate of drug-likeness (QED) is 0.282. The molecule has 1 aliphatic rings. The first kappa shape index (κ1) is 30.4. The van der Waals surface area contributed by atoms with Gasteiger partial charge in [0.05, 0.1) is 16.5 Å². The number of aryl methyl sites for hydroxylation is 1. The maximum absolute atomic E-state index is 13.7. The average Bonchev–Trinajstić information content (AvgIpc) is 3.29. The van der Waals surface area contributed by atoms with Gasteiger partial charge in [0, 0.05) is 44.3 Å². The summed E-state index contributed by atoms with van der Waals surface area (Å²) in [7, 11) is -2.52. The van der Waals surface area contributed by atoms with Gasteiger partial charge >= 0.3 is 5.76 Å². The van der Waals surface area contributed by atoms with Crippen LogP contribution < -0.4 is 10.5 Å². The van der Waals surface area contributed by atoms with Crippen molar-refractivity contribution >= 4 is 50.4 Å². The van der Waals surface area contributed by atoms with Crippen LogP contribution in [0.5, 0.6) is 0 Å². The number of piperazine rings is 1. The van der Waals surface area contributed by atoms with Gasteiger partial charge in [-0.15, -0.1) is 0 Å². The number of sulfonamides is 1. The van der Waals surface area contributed by atoms with E-state index in [2.05, 4.69) is 21.8 Å². The van der Waals surface area contributed by atoms with Crippen molar-refractivity contribution in [3.05, 3.63) is 99.5 Å². The third-order valence-electron chi connectivity index (χ3n) is 7.57. The standard InChI is InChI=1S/C30H33ClN4O5S2/c1-33-26-13-12-24(20-27(26)40-30(33)37)42(38,39)32-25(14-19-41-2)29(36)35-17-15-34(16-18-35)28(21-6-4-3-5-7-21)22-8-10-23(31)11-9-22/h3-13,20,25,28,32H,14-19H2,1-2H3/t25-,28+/m1/s1. The van der Waals surface area contributed by atoms with Crippen LogP contribution in [0.2, 0.25) is 5.02 Å². The Bertz CT molecular complexity index is 1700. The molecule has 0 radical (unpaired) electrons. The van der Waals surface area contributed by atoms with Crippen LogP contribution in [-0.2, 0) is 21.9 Å². The summed E-state index contributed by atoms with van der Waals surface area (Å²) in [6.07, 6.45) is 2.26. The molecular weight excluding hydrogens is 596 g/mol. The Morgan fingerprint density at radius 1 is 1.00 bits per heavy atom. The van der Waals surface area contributed by atoms with E-state index in [4.69, 9.17) is 16.0 Å². The van der Waals surface area contributed by atoms with E-state index in [9.17, 15) is 18.0 Å². The van der Waals surface area contributed by atoms with Crippen LogP contribution in [0.1, 0.15) is 23.6 Å². The third kappa shape index (κ3) is 6.60. The molecule has 0 saturated carbocycles. The zero-order chi connectivity index (χ0) is 29.9. The maximum Gasteiger partial charge on any atom is 0.419 e. The molecule has 0 unspecified atom stereocenters. The number of hydrogen-bond acceptors (Lipinski definition) is 7. The van der Waals surface area contributed by atoms with Crippen LogP contribution in [0, 0.1) is 0 Å². The van der Waals surface area contributed by atoms with Gasteiger partial charge in [-0.05, 0) is 53.8 Å². The minimum Gasteiger partial charge on any atom is -0.408 e. The van der Waals surface area contributed by atoms with Crippen molar-refractivity contribution in [1.82, 2.24) is 19.1 Å². The first-order valence-electron chi connectivity index (χ1n) is 13.6. The van der Waals surface area contributed by atoms with Crippen LogP contribution in [0.3, 0.4) is 0 Å². The van der Waals surface area contributed by atoms with Gasteiger partial charge in [-0.1, -0.05) is 54.1 Å². The first-order valence-corrected chi connectivity index (χ1v) is 16.9. The number of halogens is 1. The zero-order valence-electron chi connectivity index (χ0n) is 23.4. The Balaban J connectivity index is 1.32. The van der Waals surface area contributed by atoms with Crippen molar-refractivity contribution in [1.29, 1.82) is 0 Å². The number of carbonyl (C=O) groups is 1. The normalized spacial score (nSPS) is 16.0. The number of amides is 1. The molecule has 12 heteroatoms. The predicted octanol–water partition coefficient (Wildman–Crippen LogP) is 4.12. The molecule has 5 rings (SSSR count). The van der Waals surface area contributed by atoms with E-state index in [0.717, 1.165) is 11.1 Å². The number of carbonyl (C=O) groups excluding carboxylic acids is 1. The molecule has 1 N–H and O–H groups in total. The number of aromatic nitrogens is 1. The molecular formula is C30H33ClN4O5S2. The molecule has 1 amide bonds. The van der Waals surface area contributed by atoms with Crippen molar-refractivity contribution in [2.45, 2.75) is 23.4 Å². The summed E-state index contributed by atoms with van der Waals surface area (Å²) in [5.74, 6) is -0.217. The zero-order valence-corrected chi connectivity index (χ0v) is 25.8. The number of benzene rings is 3. The van der Waals surface area contributed by atoms with Gasteiger partial charge < -0.3 is 9.32 Å². The second-order valence-corrected chi connectivity index (χ2v) is 13.4. The van der Waals surface area contributed by atoms with E-state index in [1.54, 1.807) is 23.7 Å². The number of nitrogens with one attached hydrogen (secondary N) is 1. The van der Waals surface area contributed by atoms with Crippen molar-refractivity contribution in [2.24, 2.45) is 7.05 Å². The van der Waals surface area contributed by atoms with Gasteiger partial charge in [0.2, 0.25) is 15.9 Å². The number of fused-ring (bicyclic) bond motifs is 1. The highest BCUT2D eigenvalue weighted by Gasteiger charge is 2.33. The van der Waals surface area contributed by atoms with E-state index < -0.39 is 21.8 Å². The Kier molecular flexibility index (Phi) is 9.44. The van der Waals surface area contributed by atoms with E-state index in [1.165, 1.54) is 22.8 Å². The largest absolute Gasteiger partial charge is 0.419 e. The fraction of sp³-hybridized carbons (Fsp3) is 0.333. The van der Waals surface area contributed by atoms with Gasteiger partial charge in [-0.3, -0.25) is 14.3 Å². The van der Waals surface area contributed by atoms with Crippen LogP contribution in [0.15, 0.2) is 86.9 Å². The van der Waals surface area contributed by atoms with Crippen molar-refractivity contribution < 1.29 is 17.6 Å². The van der Waals surface area contributed by atoms with Crippen molar-refractivity contribution in [2.75, 3.05) is 38.2 Å². The maximum atomic E-state index is 13.7. The molecule has 0 aliphatic carbocycles. The Morgan fingerprint density at radius 2 is 1.67 bits per heavy atom. The van der Waals surface area contributed by atoms with Gasteiger partial charge in [0.1, 0.15) is 6.04 Å². The summed E-state index contributed by atoms with van der Waals surface area (Å²) in [4.78, 5) is 29.6. The minimum atomic E-state index is -4.07. The molecule has 1 saturated heterocycles. The molecule has 9 nitrogen and oxygen atoms in total. The lowest BCUT2D eigenvalue weighted by molar-refractivity contribution is -0.135. The van der Waals surface area contributed by atoms with Crippen LogP contribution >= 0.6 is 23.4 Å². The van der Waals surface area contributed by atoms with Gasteiger partial charge in [-0.2, -0.15) is 16.5 Å². The number of nitrogens with zero attached hydrogens (tertiary/aromatic N) is 3. The summed E-state index contributed by atoms with van der Waals surface area (Å²) in [6, 6.07) is 21.4. The molecule has 1 aliphatic heterocycles. The smallest absolute Gasteiger partial charge is 0.408 e. The van der Waals surface area contributed by atoms with E-state index in [1.807, 2.05) is 48.7 Å². The Hall–Kier alpha value is -3.09. The average molecular weight is 629 g/mol. The molecule has 42 heavy (non-hydrogen) atoms. The van der Waals surface area contributed by atoms with Crippen LogP contribution in [0.4, 0.5) is 0 Å². The molecule has 2 heterocycles. The van der Waals surface area contributed by atoms with Gasteiger partial charge in [-0.25, -0.2) is 13.2 Å². The first-order chi connectivity index (χ1) is 20.2. The van der Waals surface area contributed by atoms with E-state index in [-0.39, 0.29) is 22.4 Å². The lowest BCUT2D eigenvalue weighted by Crippen LogP contribution is -2.55. The molecule has 222 valence electrons. The number of oxazole rings is 1. The SMILES string of the molecule is CSCC[C@@H](NS(=O)(=O)c1ccc2c(c1)oc(=O)n2C)C(=O)N1CCN([C@@H](c2ccccc2)c2ccc(Cl)cc2)CC1. The van der Waals surface area contributed by atoms with Gasteiger partial charge in [0.15, 0.2) is 5.58 Å². The Labute approximate surface area is 254 Å². The number of hydrogen-bond donors (Lipinski definition) is 1. The second-order valence-electron chi connectivity index (χ2n) is 10.2. The summed E-state index contributed by atoms with van der Waals surface area (Å²) in [6.45, 7) is 2.18. The topological polar surface area (TPSA) is 105 Å². The number of rotatable bonds is 10. The highest BCUT2D eigenvalue weighted by molar-refractivity contribution is 7.98. The number of thioether (sulfide) groups is 1. The fourth-order valence-corrected chi connectivity index (χ4v) is 7.16. The Morgan fingerprint density at radius 3 is 2.33 bits per heavy atom. The van der Waals surface area contributed by atoms with Crippen LogP contribution in [-0.4, -0.2) is 72.9 Å². The summed E-state index contributed by atoms with van der Waals surface area (Å²) < 4.78 is 35.9. The van der Waals surface area contributed by atoms with Gasteiger partial charge in [0.25, 0.3) is 0 Å². The summed E-state index contributed by atoms with van der Waals surface area (Å²) >= 11 is 7.71. The lowest BCUT2D eigenvalue weighted by Gasteiger charge is -2.40. The summed E-state index contributed by atoms with van der Waals surface area (Å²) in [5, 5.41) is 0.674. The van der Waals surface area contributed by atoms with Crippen LogP contribution in [0.25, 0.3) is 11.1 Å². The highest BCUT2D eigenvalue weighted by atomic mass is 35.5. The molecule has 1 fully saturated rings. The molecule has 3 aromatic carbocycles. The minimum absolute atomic E-state index is 0.000496. The monoisotopic (exact) mass is 628 g/mol. The third-order valence-corrected chi connectivity index (χ3v) is 9.94. The van der Waals surface area contributed by atoms with Crippen molar-refractivity contribution in [3.8, 4) is 0 Å². The van der Waals surface area contributed by atoms with E-state index >= 15 is 0 Å². The second kappa shape index (κ2) is 13.0. The molecule has 4 aromatic rings. The molecule has 1 aromatic heterocycles. The van der Waals surface area contributed by atoms with Crippen molar-refractivity contribution in [3.63, 3.8) is 0 Å². The molecule has 0 spiro atoms. The summed E-state index contributed by atoms with van der Waals surface area (Å²) in [5.41, 5.74) is 2.92. The van der Waals surface area contributed by atoms with E-state index in [0.29, 0.717) is 48.9 Å². The predicted molar refractivity (Wildman–Crippen MR) is 166 cm³/mol.